The number of carbonyl (C=O) groups excluding carboxylic acids is 1. The Kier molecular flexibility index (Phi) is 7.12. The van der Waals surface area contributed by atoms with Crippen LogP contribution in [0.15, 0.2) is 53.4 Å². The number of benzene rings is 2. The average molecular weight is 444 g/mol. The van der Waals surface area contributed by atoms with Gasteiger partial charge in [-0.05, 0) is 35.8 Å². The number of nitrogens with zero attached hydrogens (tertiary/aromatic N) is 1. The molecule has 8 heteroatoms. The molecule has 0 aromatic heterocycles. The summed E-state index contributed by atoms with van der Waals surface area (Å²) in [6, 6.07) is 12.8. The van der Waals surface area contributed by atoms with E-state index in [2.05, 4.69) is 0 Å². The molecule has 0 aliphatic carbocycles. The van der Waals surface area contributed by atoms with Gasteiger partial charge in [0.15, 0.2) is 17.5 Å². The van der Waals surface area contributed by atoms with E-state index >= 15 is 0 Å². The maximum absolute atomic E-state index is 13.0. The van der Waals surface area contributed by atoms with Gasteiger partial charge < -0.3 is 14.6 Å². The summed E-state index contributed by atoms with van der Waals surface area (Å²) in [5.74, 6) is -0.399. The van der Waals surface area contributed by atoms with E-state index in [0.29, 0.717) is 28.6 Å². The van der Waals surface area contributed by atoms with Crippen LogP contribution in [0.3, 0.4) is 0 Å². The molecule has 0 bridgehead atoms. The highest BCUT2D eigenvalue weighted by molar-refractivity contribution is 8.26. The summed E-state index contributed by atoms with van der Waals surface area (Å²) >= 11 is 6.42. The molecule has 1 N–H and O–H groups in total. The second kappa shape index (κ2) is 9.77. The van der Waals surface area contributed by atoms with Crippen LogP contribution in [0.5, 0.6) is 11.5 Å². The fraction of sp³-hybridized carbons (Fsp3) is 0.227. The van der Waals surface area contributed by atoms with E-state index in [1.54, 1.807) is 55.7 Å². The molecule has 6 nitrogen and oxygen atoms in total. The van der Waals surface area contributed by atoms with Gasteiger partial charge in [0.2, 0.25) is 0 Å². The van der Waals surface area contributed by atoms with Crippen LogP contribution in [0.25, 0.3) is 6.08 Å². The fourth-order valence-corrected chi connectivity index (χ4v) is 4.31. The molecule has 156 valence electrons. The predicted molar refractivity (Wildman–Crippen MR) is 121 cm³/mol. The van der Waals surface area contributed by atoms with Crippen LogP contribution in [-0.2, 0) is 9.59 Å². The molecule has 1 heterocycles. The van der Waals surface area contributed by atoms with Crippen molar-refractivity contribution in [2.45, 2.75) is 19.4 Å². The normalized spacial score (nSPS) is 16.1. The number of hydrogen-bond acceptors (Lipinski definition) is 6. The Hall–Kier alpha value is -2.84. The Bertz CT molecular complexity index is 990. The van der Waals surface area contributed by atoms with Crippen molar-refractivity contribution in [1.82, 2.24) is 4.90 Å². The van der Waals surface area contributed by atoms with Crippen molar-refractivity contribution in [1.29, 1.82) is 0 Å². The van der Waals surface area contributed by atoms with Gasteiger partial charge in [-0.1, -0.05) is 67.3 Å². The molecule has 1 aliphatic heterocycles. The van der Waals surface area contributed by atoms with E-state index in [-0.39, 0.29) is 4.32 Å². The van der Waals surface area contributed by atoms with E-state index < -0.39 is 17.9 Å². The summed E-state index contributed by atoms with van der Waals surface area (Å²) in [4.78, 5) is 26.5. The largest absolute Gasteiger partial charge is 0.493 e. The van der Waals surface area contributed by atoms with Gasteiger partial charge in [0.25, 0.3) is 5.91 Å². The molecule has 3 rings (SSSR count). The third-order valence-corrected chi connectivity index (χ3v) is 5.71. The van der Waals surface area contributed by atoms with Crippen molar-refractivity contribution in [3.63, 3.8) is 0 Å². The number of methoxy groups -OCH3 is 1. The molecule has 0 spiro atoms. The Morgan fingerprint density at radius 1 is 1.23 bits per heavy atom. The van der Waals surface area contributed by atoms with Gasteiger partial charge in [0.05, 0.1) is 18.6 Å². The minimum absolute atomic E-state index is 0.206. The number of hydrogen-bond donors (Lipinski definition) is 1. The van der Waals surface area contributed by atoms with E-state index in [1.165, 1.54) is 0 Å². The lowest BCUT2D eigenvalue weighted by molar-refractivity contribution is -0.145. The fourth-order valence-electron chi connectivity index (χ4n) is 3.00. The van der Waals surface area contributed by atoms with Gasteiger partial charge in [0, 0.05) is 0 Å². The number of carboxylic acids is 1. The summed E-state index contributed by atoms with van der Waals surface area (Å²) in [5.41, 5.74) is 1.21. The highest BCUT2D eigenvalue weighted by Crippen LogP contribution is 2.39. The monoisotopic (exact) mass is 443 g/mol. The number of aliphatic carboxylic acids is 1. The molecule has 1 atom stereocenters. The molecule has 2 aromatic rings. The number of rotatable bonds is 8. The van der Waals surface area contributed by atoms with Crippen molar-refractivity contribution >= 4 is 46.3 Å². The Morgan fingerprint density at radius 2 is 1.97 bits per heavy atom. The summed E-state index contributed by atoms with van der Waals surface area (Å²) in [5, 5.41) is 9.76. The van der Waals surface area contributed by atoms with Gasteiger partial charge in [-0.3, -0.25) is 9.69 Å². The van der Waals surface area contributed by atoms with Crippen LogP contribution in [-0.4, -0.2) is 39.9 Å². The van der Waals surface area contributed by atoms with Gasteiger partial charge >= 0.3 is 5.97 Å². The number of thioether (sulfide) groups is 1. The topological polar surface area (TPSA) is 76.1 Å². The van der Waals surface area contributed by atoms with Crippen molar-refractivity contribution in [2.24, 2.45) is 0 Å². The lowest BCUT2D eigenvalue weighted by Gasteiger charge is -2.23. The highest BCUT2D eigenvalue weighted by Gasteiger charge is 2.41. The first kappa shape index (κ1) is 21.9. The van der Waals surface area contributed by atoms with Gasteiger partial charge in [-0.15, -0.1) is 0 Å². The van der Waals surface area contributed by atoms with Crippen LogP contribution in [0, 0.1) is 0 Å². The van der Waals surface area contributed by atoms with Crippen molar-refractivity contribution in [3.05, 3.63) is 64.6 Å². The van der Waals surface area contributed by atoms with Crippen LogP contribution < -0.4 is 9.47 Å². The zero-order valence-electron chi connectivity index (χ0n) is 16.5. The SMILES string of the molecule is CCCOc1ccc(/C=C2\SC(=S)N(C(C(=O)O)c3ccccc3)C2=O)cc1OC. The van der Waals surface area contributed by atoms with E-state index in [4.69, 9.17) is 21.7 Å². The smallest absolute Gasteiger partial charge is 0.331 e. The molecule has 1 fully saturated rings. The van der Waals surface area contributed by atoms with Crippen molar-refractivity contribution < 1.29 is 24.2 Å². The molecular weight excluding hydrogens is 422 g/mol. The lowest BCUT2D eigenvalue weighted by atomic mass is 10.1. The minimum atomic E-state index is -1.18. The molecule has 30 heavy (non-hydrogen) atoms. The van der Waals surface area contributed by atoms with Gasteiger partial charge in [-0.2, -0.15) is 0 Å². The maximum atomic E-state index is 13.0. The molecule has 0 radical (unpaired) electrons. The van der Waals surface area contributed by atoms with E-state index in [1.807, 2.05) is 13.0 Å². The number of carbonyl (C=O) groups is 2. The molecule has 0 saturated carbocycles. The molecule has 1 amide bonds. The average Bonchev–Trinajstić information content (AvgIpc) is 3.01. The number of amides is 1. The third-order valence-electron chi connectivity index (χ3n) is 4.38. The Morgan fingerprint density at radius 3 is 2.60 bits per heavy atom. The summed E-state index contributed by atoms with van der Waals surface area (Å²) < 4.78 is 11.2. The van der Waals surface area contributed by atoms with Crippen LogP contribution in [0.4, 0.5) is 0 Å². The van der Waals surface area contributed by atoms with E-state index in [0.717, 1.165) is 28.6 Å². The quantitative estimate of drug-likeness (QED) is 0.475. The standard InChI is InChI=1S/C22H21NO5S2/c1-3-11-28-16-10-9-14(12-17(16)27-2)13-18-20(24)23(22(29)30-18)19(21(25)26)15-7-5-4-6-8-15/h4-10,12-13,19H,3,11H2,1-2H3,(H,25,26)/b18-13-. The van der Waals surface area contributed by atoms with Crippen LogP contribution >= 0.6 is 24.0 Å². The first-order chi connectivity index (χ1) is 14.5. The molecule has 1 unspecified atom stereocenters. The Balaban J connectivity index is 1.90. The minimum Gasteiger partial charge on any atom is -0.493 e. The second-order valence-corrected chi connectivity index (χ2v) is 8.14. The molecule has 1 aliphatic rings. The predicted octanol–water partition coefficient (Wildman–Crippen LogP) is 4.51. The van der Waals surface area contributed by atoms with Crippen LogP contribution in [0.1, 0.15) is 30.5 Å². The molecular formula is C22H21NO5S2. The van der Waals surface area contributed by atoms with Crippen LogP contribution in [0.2, 0.25) is 0 Å². The summed E-state index contributed by atoms with van der Waals surface area (Å²) in [7, 11) is 1.55. The number of ether oxygens (including phenoxy) is 2. The van der Waals surface area contributed by atoms with Gasteiger partial charge in [0.1, 0.15) is 4.32 Å². The third kappa shape index (κ3) is 4.66. The van der Waals surface area contributed by atoms with Crippen molar-refractivity contribution in [2.75, 3.05) is 13.7 Å². The molecule has 1 saturated heterocycles. The number of carboxylic acid groups (broad SMARTS) is 1. The highest BCUT2D eigenvalue weighted by atomic mass is 32.2. The Labute approximate surface area is 184 Å². The van der Waals surface area contributed by atoms with E-state index in [9.17, 15) is 14.7 Å². The zero-order valence-corrected chi connectivity index (χ0v) is 18.2. The summed E-state index contributed by atoms with van der Waals surface area (Å²) in [6.07, 6.45) is 2.55. The first-order valence-electron chi connectivity index (χ1n) is 9.32. The summed E-state index contributed by atoms with van der Waals surface area (Å²) in [6.45, 7) is 2.59. The molecule has 2 aromatic carbocycles. The first-order valence-corrected chi connectivity index (χ1v) is 10.5. The lowest BCUT2D eigenvalue weighted by Crippen LogP contribution is -2.37. The van der Waals surface area contributed by atoms with Gasteiger partial charge in [-0.25, -0.2) is 4.79 Å². The number of thiocarbonyl (C=S) groups is 1. The van der Waals surface area contributed by atoms with Crippen molar-refractivity contribution in [3.8, 4) is 11.5 Å². The maximum Gasteiger partial charge on any atom is 0.331 e. The zero-order chi connectivity index (χ0) is 21.7. The second-order valence-electron chi connectivity index (χ2n) is 6.46.